The van der Waals surface area contributed by atoms with Crippen molar-refractivity contribution in [2.45, 2.75) is 19.8 Å². The number of carbonyl (C=O) groups excluding carboxylic acids is 1. The Morgan fingerprint density at radius 1 is 1.08 bits per heavy atom. The summed E-state index contributed by atoms with van der Waals surface area (Å²) >= 11 is 5.94. The van der Waals surface area contributed by atoms with E-state index in [4.69, 9.17) is 21.2 Å². The van der Waals surface area contributed by atoms with E-state index in [-0.39, 0.29) is 34.2 Å². The molecule has 0 N–H and O–H groups in total. The van der Waals surface area contributed by atoms with Crippen molar-refractivity contribution >= 4 is 28.7 Å². The average Bonchev–Trinajstić information content (AvgIpc) is 3.13. The smallest absolute Gasteiger partial charge is 0.425 e. The first-order valence-electron chi connectivity index (χ1n) is 10.1. The lowest BCUT2D eigenvalue weighted by molar-refractivity contribution is -0.274. The van der Waals surface area contributed by atoms with Gasteiger partial charge in [0, 0.05) is 25.1 Å². The molecule has 10 nitrogen and oxygen atoms in total. The normalized spacial score (nSPS) is 11.5. The third-order valence-corrected chi connectivity index (χ3v) is 5.05. The molecule has 0 aliphatic heterocycles. The number of benzene rings is 2. The summed E-state index contributed by atoms with van der Waals surface area (Å²) in [6.07, 6.45) is -4.92. The second kappa shape index (κ2) is 9.41. The number of aromatic nitrogens is 4. The summed E-state index contributed by atoms with van der Waals surface area (Å²) in [6.45, 7) is 1.00. The minimum absolute atomic E-state index is 0.0186. The maximum Gasteiger partial charge on any atom is 0.573 e. The standard InChI is InChI=1S/C22H16ClF3N4O6/c1-12(31)36-30-19(32)17-18(28(2)21(30)33)27-20(29(17)11-13-6-8-14(23)9-7-13)34-15-4-3-5-16(10-15)35-22(24,25)26/h3-10H,11H2,1-2H3. The summed E-state index contributed by atoms with van der Waals surface area (Å²) in [6, 6.07) is 11.0. The van der Waals surface area contributed by atoms with Gasteiger partial charge in [-0.1, -0.05) is 34.5 Å². The molecule has 0 radical (unpaired) electrons. The second-order valence-corrected chi connectivity index (χ2v) is 7.86. The van der Waals surface area contributed by atoms with Crippen LogP contribution in [-0.2, 0) is 18.4 Å². The average molecular weight is 525 g/mol. The van der Waals surface area contributed by atoms with Crippen molar-refractivity contribution in [2.75, 3.05) is 0 Å². The number of aryl methyl sites for hydroxylation is 1. The molecule has 2 heterocycles. The summed E-state index contributed by atoms with van der Waals surface area (Å²) in [5, 5.41) is 0.465. The molecule has 0 atom stereocenters. The summed E-state index contributed by atoms with van der Waals surface area (Å²) in [4.78, 5) is 46.3. The molecular weight excluding hydrogens is 509 g/mol. The van der Waals surface area contributed by atoms with E-state index < -0.39 is 29.3 Å². The first-order chi connectivity index (χ1) is 16.9. The van der Waals surface area contributed by atoms with Gasteiger partial charge in [-0.25, -0.2) is 9.59 Å². The number of hydrogen-bond donors (Lipinski definition) is 0. The van der Waals surface area contributed by atoms with Crippen LogP contribution in [0.15, 0.2) is 58.1 Å². The molecule has 0 aliphatic carbocycles. The van der Waals surface area contributed by atoms with Crippen LogP contribution in [0.1, 0.15) is 12.5 Å². The number of rotatable bonds is 6. The van der Waals surface area contributed by atoms with E-state index in [9.17, 15) is 27.6 Å². The Labute approximate surface area is 204 Å². The number of alkyl halides is 3. The number of imidazole rings is 1. The Morgan fingerprint density at radius 3 is 2.39 bits per heavy atom. The first-order valence-corrected chi connectivity index (χ1v) is 10.5. The van der Waals surface area contributed by atoms with Crippen LogP contribution in [0.4, 0.5) is 13.2 Å². The lowest BCUT2D eigenvalue weighted by atomic mass is 10.2. The van der Waals surface area contributed by atoms with Gasteiger partial charge in [0.2, 0.25) is 0 Å². The van der Waals surface area contributed by atoms with Gasteiger partial charge in [0.1, 0.15) is 11.5 Å². The van der Waals surface area contributed by atoms with Gasteiger partial charge < -0.3 is 14.3 Å². The zero-order valence-electron chi connectivity index (χ0n) is 18.6. The van der Waals surface area contributed by atoms with Crippen molar-refractivity contribution in [2.24, 2.45) is 7.05 Å². The molecule has 2 aromatic heterocycles. The van der Waals surface area contributed by atoms with Crippen LogP contribution in [0.25, 0.3) is 11.2 Å². The molecule has 0 spiro atoms. The van der Waals surface area contributed by atoms with Crippen molar-refractivity contribution in [1.82, 2.24) is 18.8 Å². The van der Waals surface area contributed by atoms with Gasteiger partial charge in [-0.15, -0.1) is 13.2 Å². The largest absolute Gasteiger partial charge is 0.573 e. The maximum absolute atomic E-state index is 13.2. The quantitative estimate of drug-likeness (QED) is 0.381. The first kappa shape index (κ1) is 24.9. The maximum atomic E-state index is 13.2. The van der Waals surface area contributed by atoms with Crippen LogP contribution in [0.2, 0.25) is 5.02 Å². The Bertz CT molecular complexity index is 1570. The summed E-state index contributed by atoms with van der Waals surface area (Å²) in [7, 11) is 1.30. The molecule has 0 amide bonds. The molecule has 0 saturated carbocycles. The summed E-state index contributed by atoms with van der Waals surface area (Å²) in [5.41, 5.74) is -1.60. The lowest BCUT2D eigenvalue weighted by Gasteiger charge is -2.12. The van der Waals surface area contributed by atoms with Crippen molar-refractivity contribution in [3.05, 3.63) is 80.0 Å². The highest BCUT2D eigenvalue weighted by Gasteiger charge is 2.31. The van der Waals surface area contributed by atoms with Crippen molar-refractivity contribution in [1.29, 1.82) is 0 Å². The number of halogens is 4. The summed E-state index contributed by atoms with van der Waals surface area (Å²) < 4.78 is 50.1. The molecule has 0 bridgehead atoms. The van der Waals surface area contributed by atoms with Crippen LogP contribution in [0.5, 0.6) is 17.5 Å². The van der Waals surface area contributed by atoms with Gasteiger partial charge in [0.15, 0.2) is 11.2 Å². The van der Waals surface area contributed by atoms with E-state index in [0.717, 1.165) is 23.6 Å². The zero-order valence-corrected chi connectivity index (χ0v) is 19.3. The molecule has 0 fully saturated rings. The van der Waals surface area contributed by atoms with Gasteiger partial charge in [-0.05, 0) is 29.8 Å². The monoisotopic (exact) mass is 524 g/mol. The highest BCUT2D eigenvalue weighted by molar-refractivity contribution is 6.30. The molecule has 0 aliphatic rings. The minimum Gasteiger partial charge on any atom is -0.425 e. The topological polar surface area (TPSA) is 107 Å². The van der Waals surface area contributed by atoms with Crippen LogP contribution in [0.3, 0.4) is 0 Å². The number of fused-ring (bicyclic) bond motifs is 1. The van der Waals surface area contributed by atoms with Crippen LogP contribution >= 0.6 is 11.6 Å². The van der Waals surface area contributed by atoms with Gasteiger partial charge in [-0.3, -0.25) is 13.9 Å². The van der Waals surface area contributed by atoms with Gasteiger partial charge in [0.05, 0.1) is 6.54 Å². The van der Waals surface area contributed by atoms with Crippen molar-refractivity contribution in [3.63, 3.8) is 0 Å². The fourth-order valence-electron chi connectivity index (χ4n) is 3.32. The zero-order chi connectivity index (χ0) is 26.2. The number of hydrogen-bond acceptors (Lipinski definition) is 7. The fourth-order valence-corrected chi connectivity index (χ4v) is 3.45. The molecule has 14 heteroatoms. The van der Waals surface area contributed by atoms with Crippen LogP contribution < -0.4 is 25.6 Å². The molecule has 0 unspecified atom stereocenters. The number of carbonyl (C=O) groups is 1. The molecule has 2 aromatic carbocycles. The third kappa shape index (κ3) is 5.20. The molecule has 188 valence electrons. The number of ether oxygens (including phenoxy) is 2. The highest BCUT2D eigenvalue weighted by atomic mass is 35.5. The SMILES string of the molecule is CC(=O)On1c(=O)c2c(nc(Oc3cccc(OC(F)(F)F)c3)n2Cc2ccc(Cl)cc2)n(C)c1=O. The Hall–Kier alpha value is -4.26. The number of nitrogens with zero attached hydrogens (tertiary/aromatic N) is 4. The molecule has 0 saturated heterocycles. The Morgan fingerprint density at radius 2 is 1.75 bits per heavy atom. The minimum atomic E-state index is -4.92. The third-order valence-electron chi connectivity index (χ3n) is 4.80. The van der Waals surface area contributed by atoms with E-state index >= 15 is 0 Å². The second-order valence-electron chi connectivity index (χ2n) is 7.43. The van der Waals surface area contributed by atoms with Crippen molar-refractivity contribution < 1.29 is 32.3 Å². The van der Waals surface area contributed by atoms with E-state index in [1.807, 2.05) is 0 Å². The van der Waals surface area contributed by atoms with E-state index in [1.165, 1.54) is 23.7 Å². The Balaban J connectivity index is 1.89. The molecule has 36 heavy (non-hydrogen) atoms. The molecule has 4 rings (SSSR count). The fraction of sp³-hybridized carbons (Fsp3) is 0.182. The van der Waals surface area contributed by atoms with E-state index in [2.05, 4.69) is 9.72 Å². The predicted molar refractivity (Wildman–Crippen MR) is 120 cm³/mol. The highest BCUT2D eigenvalue weighted by Crippen LogP contribution is 2.30. The van der Waals surface area contributed by atoms with E-state index in [0.29, 0.717) is 10.6 Å². The van der Waals surface area contributed by atoms with Crippen molar-refractivity contribution in [3.8, 4) is 17.5 Å². The van der Waals surface area contributed by atoms with Crippen LogP contribution in [0, 0.1) is 0 Å². The van der Waals surface area contributed by atoms with Crippen LogP contribution in [-0.4, -0.2) is 31.2 Å². The summed E-state index contributed by atoms with van der Waals surface area (Å²) in [5.74, 6) is -1.53. The predicted octanol–water partition coefficient (Wildman–Crippen LogP) is 3.26. The van der Waals surface area contributed by atoms with Gasteiger partial charge in [-0.2, -0.15) is 4.98 Å². The molecule has 4 aromatic rings. The van der Waals surface area contributed by atoms with E-state index in [1.54, 1.807) is 24.3 Å². The van der Waals surface area contributed by atoms with Gasteiger partial charge >= 0.3 is 29.6 Å². The molecular formula is C22H16ClF3N4O6. The Kier molecular flexibility index (Phi) is 6.50. The van der Waals surface area contributed by atoms with Gasteiger partial charge in [0.25, 0.3) is 0 Å². The lowest BCUT2D eigenvalue weighted by Crippen LogP contribution is -2.44.